The van der Waals surface area contributed by atoms with Gasteiger partial charge < -0.3 is 57.9 Å². The minimum atomic E-state index is -1.64. The number of benzene rings is 4. The Morgan fingerprint density at radius 1 is 0.578 bits per heavy atom. The van der Waals surface area contributed by atoms with E-state index in [1.807, 2.05) is 24.3 Å². The number of aliphatic hydroxyl groups excluding tert-OH is 1. The molecule has 5 amide bonds. The molecule has 12 N–H and O–H groups in total. The molecule has 4 aromatic carbocycles. The van der Waals surface area contributed by atoms with Gasteiger partial charge in [-0.15, -0.1) is 0 Å². The van der Waals surface area contributed by atoms with Gasteiger partial charge in [0.05, 0.1) is 12.1 Å². The van der Waals surface area contributed by atoms with Crippen molar-refractivity contribution in [3.8, 4) is 5.75 Å². The van der Waals surface area contributed by atoms with Crippen LogP contribution < -0.4 is 37.6 Å². The largest absolute Gasteiger partial charge is 0.508 e. The molecule has 0 aliphatic carbocycles. The van der Waals surface area contributed by atoms with E-state index in [2.05, 4.69) is 36.9 Å². The average molecular weight is 877 g/mol. The normalized spacial score (nSPS) is 14.5. The Balaban J connectivity index is 1.45. The van der Waals surface area contributed by atoms with Crippen LogP contribution in [0.3, 0.4) is 0 Å². The number of nitrogens with two attached hydrogens (primary N) is 1. The van der Waals surface area contributed by atoms with E-state index in [4.69, 9.17) is 5.73 Å². The van der Waals surface area contributed by atoms with E-state index in [9.17, 15) is 44.1 Å². The van der Waals surface area contributed by atoms with Crippen LogP contribution in [0.5, 0.6) is 5.75 Å². The summed E-state index contributed by atoms with van der Waals surface area (Å²) in [5.74, 6) is -5.16. The van der Waals surface area contributed by atoms with Crippen molar-refractivity contribution in [2.75, 3.05) is 7.05 Å². The molecule has 0 fully saturated rings. The predicted octanol–water partition coefficient (Wildman–Crippen LogP) is 1.10. The number of hydrogen-bond acceptors (Lipinski definition) is 10. The molecule has 17 heteroatoms. The number of carbonyl (C=O) groups is 6. The van der Waals surface area contributed by atoms with Crippen molar-refractivity contribution in [3.05, 3.63) is 137 Å². The molecule has 5 aromatic rings. The summed E-state index contributed by atoms with van der Waals surface area (Å²) in [7, 11) is 1.59. The molecule has 64 heavy (non-hydrogen) atoms. The van der Waals surface area contributed by atoms with E-state index in [1.54, 1.807) is 86.9 Å². The number of aromatic hydroxyl groups is 1. The highest BCUT2D eigenvalue weighted by Gasteiger charge is 2.35. The monoisotopic (exact) mass is 876 g/mol. The summed E-state index contributed by atoms with van der Waals surface area (Å²) < 4.78 is 0. The van der Waals surface area contributed by atoms with Gasteiger partial charge in [0.15, 0.2) is 0 Å². The lowest BCUT2D eigenvalue weighted by Gasteiger charge is -2.28. The zero-order chi connectivity index (χ0) is 46.3. The Hall–Kier alpha value is -7.08. The Morgan fingerprint density at radius 3 is 1.61 bits per heavy atom. The van der Waals surface area contributed by atoms with Gasteiger partial charge >= 0.3 is 5.97 Å². The first-order valence-corrected chi connectivity index (χ1v) is 20.9. The fraction of sp³-hybridized carbons (Fsp3) is 0.319. The third-order valence-electron chi connectivity index (χ3n) is 10.9. The van der Waals surface area contributed by atoms with Crippen molar-refractivity contribution in [1.29, 1.82) is 0 Å². The van der Waals surface area contributed by atoms with Crippen LogP contribution in [-0.4, -0.2) is 105 Å². The number of carbonyl (C=O) groups excluding carboxylic acids is 5. The second-order valence-electron chi connectivity index (χ2n) is 15.7. The molecule has 0 unspecified atom stereocenters. The summed E-state index contributed by atoms with van der Waals surface area (Å²) in [6.45, 7) is 3.13. The number of phenols is 1. The fourth-order valence-corrected chi connectivity index (χ4v) is 7.01. The minimum Gasteiger partial charge on any atom is -0.508 e. The summed E-state index contributed by atoms with van der Waals surface area (Å²) in [4.78, 5) is 85.4. The molecular formula is C47H56N8O9. The average Bonchev–Trinajstić information content (AvgIpc) is 3.70. The van der Waals surface area contributed by atoms with Crippen LogP contribution in [0.25, 0.3) is 10.9 Å². The molecule has 0 bridgehead atoms. The van der Waals surface area contributed by atoms with Crippen molar-refractivity contribution in [2.45, 2.75) is 88.4 Å². The first-order valence-electron chi connectivity index (χ1n) is 20.9. The van der Waals surface area contributed by atoms with Crippen LogP contribution in [0, 0.1) is 0 Å². The molecular weight excluding hydrogens is 821 g/mol. The molecule has 1 aromatic heterocycles. The van der Waals surface area contributed by atoms with Gasteiger partial charge in [0.25, 0.3) is 0 Å². The smallest absolute Gasteiger partial charge is 0.326 e. The number of phenolic OH excluding ortho intramolecular Hbond substituents is 1. The summed E-state index contributed by atoms with van der Waals surface area (Å²) >= 11 is 0. The Kier molecular flexibility index (Phi) is 17.1. The van der Waals surface area contributed by atoms with Crippen LogP contribution >= 0.6 is 0 Å². The van der Waals surface area contributed by atoms with Crippen molar-refractivity contribution >= 4 is 46.4 Å². The topological polar surface area (TPSA) is 277 Å². The summed E-state index contributed by atoms with van der Waals surface area (Å²) in [6.07, 6.45) is -0.0511. The number of likely N-dealkylation sites (N-methyl/N-ethyl adjacent to an activating group) is 1. The van der Waals surface area contributed by atoms with Crippen LogP contribution in [0.4, 0.5) is 0 Å². The summed E-state index contributed by atoms with van der Waals surface area (Å²) in [6, 6.07) is 21.4. The van der Waals surface area contributed by atoms with E-state index in [0.717, 1.165) is 16.5 Å². The van der Waals surface area contributed by atoms with Gasteiger partial charge in [-0.1, -0.05) is 84.9 Å². The lowest BCUT2D eigenvalue weighted by molar-refractivity contribution is -0.143. The number of aliphatic carboxylic acids is 1. The number of aromatic nitrogens is 1. The maximum absolute atomic E-state index is 14.6. The highest BCUT2D eigenvalue weighted by atomic mass is 16.4. The number of H-pyrrole nitrogens is 1. The maximum atomic E-state index is 14.6. The molecule has 17 nitrogen and oxygen atoms in total. The van der Waals surface area contributed by atoms with Crippen molar-refractivity contribution < 1.29 is 44.1 Å². The van der Waals surface area contributed by atoms with Gasteiger partial charge in [-0.25, -0.2) is 4.79 Å². The standard InChI is InChI=1S/C47H56N8O9/c1-27(49-3)42(58)51-37(22-31-17-19-34(57)20-18-31)43(59)53-39(24-33-26-50-36-12-8-7-11-35(33)36)44(60)52-38(21-30-13-15-32(25-48)16-14-30)45(61)55-41(28(2)56)46(62)54-40(47(63)64)23-29-9-5-4-6-10-29/h4-20,26-28,37-41,49-50,56-57H,21-25,48H2,1-3H3,(H,51,58)(H,52,60)(H,53,59)(H,54,62)(H,55,61)(H,63,64)/t27-,28+,37-,38-,39+,40-,41-/m0/s1. The van der Waals surface area contributed by atoms with Crippen molar-refractivity contribution in [2.24, 2.45) is 5.73 Å². The zero-order valence-electron chi connectivity index (χ0n) is 35.8. The van der Waals surface area contributed by atoms with Crippen molar-refractivity contribution in [3.63, 3.8) is 0 Å². The molecule has 0 spiro atoms. The molecule has 5 rings (SSSR count). The van der Waals surface area contributed by atoms with E-state index in [-0.39, 0.29) is 38.0 Å². The molecule has 1 heterocycles. The number of para-hydroxylation sites is 1. The number of aromatic amines is 1. The van der Waals surface area contributed by atoms with Crippen LogP contribution in [0.15, 0.2) is 109 Å². The maximum Gasteiger partial charge on any atom is 0.326 e. The van der Waals surface area contributed by atoms with Gasteiger partial charge in [0.1, 0.15) is 36.0 Å². The first kappa shape index (κ1) is 48.0. The van der Waals surface area contributed by atoms with Crippen LogP contribution in [-0.2, 0) is 61.0 Å². The molecule has 0 aliphatic rings. The number of carboxylic acids is 1. The molecule has 0 saturated carbocycles. The number of hydrogen-bond donors (Lipinski definition) is 11. The van der Waals surface area contributed by atoms with Crippen LogP contribution in [0.2, 0.25) is 0 Å². The quantitative estimate of drug-likeness (QED) is 0.0469. The Bertz CT molecular complexity index is 2370. The van der Waals surface area contributed by atoms with Gasteiger partial charge in [0, 0.05) is 49.3 Å². The van der Waals surface area contributed by atoms with E-state index >= 15 is 0 Å². The Labute approximate surface area is 370 Å². The first-order chi connectivity index (χ1) is 30.6. The second-order valence-corrected chi connectivity index (χ2v) is 15.7. The van der Waals surface area contributed by atoms with Crippen molar-refractivity contribution in [1.82, 2.24) is 36.9 Å². The highest BCUT2D eigenvalue weighted by molar-refractivity contribution is 5.97. The predicted molar refractivity (Wildman–Crippen MR) is 239 cm³/mol. The molecule has 0 aliphatic heterocycles. The second kappa shape index (κ2) is 22.8. The highest BCUT2D eigenvalue weighted by Crippen LogP contribution is 2.20. The van der Waals surface area contributed by atoms with E-state index < -0.39 is 77.9 Å². The van der Waals surface area contributed by atoms with Crippen LogP contribution in [0.1, 0.15) is 41.7 Å². The number of rotatable bonds is 22. The van der Waals surface area contributed by atoms with Gasteiger partial charge in [-0.3, -0.25) is 24.0 Å². The van der Waals surface area contributed by atoms with E-state index in [1.165, 1.54) is 19.1 Å². The lowest BCUT2D eigenvalue weighted by atomic mass is 9.99. The molecule has 338 valence electrons. The number of aliphatic hydroxyl groups is 1. The summed E-state index contributed by atoms with van der Waals surface area (Å²) in [5, 5.41) is 47.5. The van der Waals surface area contributed by atoms with Gasteiger partial charge in [-0.05, 0) is 66.9 Å². The SMILES string of the molecule is CN[C@@H](C)C(=O)N[C@@H](Cc1ccc(O)cc1)C(=O)N[C@H](Cc1c[nH]c2ccccc12)C(=O)N[C@@H](Cc1ccc(CN)cc1)C(=O)N[C@H](C(=O)N[C@@H](Cc1ccccc1)C(=O)O)[C@@H](C)O. The number of amides is 5. The molecule has 0 radical (unpaired) electrons. The lowest BCUT2D eigenvalue weighted by Crippen LogP contribution is -2.61. The van der Waals surface area contributed by atoms with E-state index in [0.29, 0.717) is 22.3 Å². The Morgan fingerprint density at radius 2 is 1.05 bits per heavy atom. The number of carboxylic acid groups (broad SMARTS) is 1. The fourth-order valence-electron chi connectivity index (χ4n) is 7.01. The number of fused-ring (bicyclic) bond motifs is 1. The molecule has 7 atom stereocenters. The minimum absolute atomic E-state index is 0.00355. The molecule has 0 saturated heterocycles. The number of nitrogens with one attached hydrogen (secondary N) is 7. The van der Waals surface area contributed by atoms with Gasteiger partial charge in [0.2, 0.25) is 29.5 Å². The summed E-state index contributed by atoms with van der Waals surface area (Å²) in [5.41, 5.74) is 9.89. The third kappa shape index (κ3) is 13.5. The zero-order valence-corrected chi connectivity index (χ0v) is 35.8. The third-order valence-corrected chi connectivity index (χ3v) is 10.9. The van der Waals surface area contributed by atoms with Gasteiger partial charge in [-0.2, -0.15) is 0 Å².